The Morgan fingerprint density at radius 2 is 1.95 bits per heavy atom. The zero-order chi connectivity index (χ0) is 15.6. The molecule has 10 heteroatoms. The molecule has 1 aromatic carbocycles. The molecule has 0 saturated heterocycles. The van der Waals surface area contributed by atoms with Gasteiger partial charge < -0.3 is 15.8 Å². The van der Waals surface area contributed by atoms with Crippen LogP contribution < -0.4 is 15.8 Å². The number of rotatable bonds is 4. The highest BCUT2D eigenvalue weighted by atomic mass is 127. The summed E-state index contributed by atoms with van der Waals surface area (Å²) in [5.41, 5.74) is 5.45. The molecule has 0 radical (unpaired) electrons. The average Bonchev–Trinajstić information content (AvgIpc) is 3.09. The summed E-state index contributed by atoms with van der Waals surface area (Å²) >= 11 is 0. The van der Waals surface area contributed by atoms with Crippen LogP contribution in [0.3, 0.4) is 0 Å². The van der Waals surface area contributed by atoms with Gasteiger partial charge in [-0.3, -0.25) is 0 Å². The number of aliphatic imine (C=N–C) groups is 1. The van der Waals surface area contributed by atoms with Crippen molar-refractivity contribution in [3.63, 3.8) is 0 Å². The molecule has 1 aliphatic rings. The van der Waals surface area contributed by atoms with Crippen LogP contribution in [-0.4, -0.2) is 24.8 Å². The number of alkyl halides is 5. The van der Waals surface area contributed by atoms with E-state index in [2.05, 4.69) is 15.0 Å². The van der Waals surface area contributed by atoms with Crippen molar-refractivity contribution in [3.8, 4) is 5.75 Å². The van der Waals surface area contributed by atoms with Crippen molar-refractivity contribution < 1.29 is 26.7 Å². The lowest BCUT2D eigenvalue weighted by molar-refractivity contribution is -0.274. The third kappa shape index (κ3) is 5.46. The second-order valence-corrected chi connectivity index (χ2v) is 4.48. The van der Waals surface area contributed by atoms with E-state index in [1.807, 2.05) is 0 Å². The highest BCUT2D eigenvalue weighted by Crippen LogP contribution is 2.39. The zero-order valence-electron chi connectivity index (χ0n) is 11.0. The van der Waals surface area contributed by atoms with Crippen LogP contribution in [0.5, 0.6) is 5.75 Å². The quantitative estimate of drug-likeness (QED) is 0.328. The number of para-hydroxylation sites is 2. The van der Waals surface area contributed by atoms with E-state index in [0.29, 0.717) is 0 Å². The summed E-state index contributed by atoms with van der Waals surface area (Å²) in [4.78, 5) is 3.79. The van der Waals surface area contributed by atoms with Gasteiger partial charge in [0.1, 0.15) is 0 Å². The lowest BCUT2D eigenvalue weighted by atomic mass is 10.3. The molecule has 0 bridgehead atoms. The summed E-state index contributed by atoms with van der Waals surface area (Å²) in [6, 6.07) is 4.63. The number of nitrogens with zero attached hydrogens (tertiary/aromatic N) is 1. The van der Waals surface area contributed by atoms with Crippen LogP contribution in [0.1, 0.15) is 6.42 Å². The summed E-state index contributed by atoms with van der Waals surface area (Å²) in [5.74, 6) is -1.56. The predicted octanol–water partition coefficient (Wildman–Crippen LogP) is 3.58. The van der Waals surface area contributed by atoms with Gasteiger partial charge in [-0.15, -0.1) is 37.1 Å². The Balaban J connectivity index is 0.00000242. The molecular weight excluding hydrogens is 424 g/mol. The molecule has 0 heterocycles. The molecule has 0 amide bonds. The van der Waals surface area contributed by atoms with Gasteiger partial charge in [0.2, 0.25) is 6.43 Å². The first kappa shape index (κ1) is 18.7. The smallest absolute Gasteiger partial charge is 0.404 e. The van der Waals surface area contributed by atoms with Gasteiger partial charge in [0.15, 0.2) is 11.7 Å². The Morgan fingerprint density at radius 1 is 1.32 bits per heavy atom. The maximum Gasteiger partial charge on any atom is 0.573 e. The van der Waals surface area contributed by atoms with E-state index in [-0.39, 0.29) is 42.0 Å². The molecule has 1 aromatic rings. The lowest BCUT2D eigenvalue weighted by Crippen LogP contribution is -2.25. The first-order valence-corrected chi connectivity index (χ1v) is 5.99. The molecule has 0 unspecified atom stereocenters. The molecule has 0 aromatic heterocycles. The van der Waals surface area contributed by atoms with Crippen LogP contribution in [0.25, 0.3) is 0 Å². The van der Waals surface area contributed by atoms with Gasteiger partial charge in [-0.05, 0) is 18.6 Å². The van der Waals surface area contributed by atoms with Gasteiger partial charge in [-0.25, -0.2) is 13.8 Å². The van der Waals surface area contributed by atoms with E-state index < -0.39 is 30.5 Å². The van der Waals surface area contributed by atoms with Gasteiger partial charge >= 0.3 is 6.36 Å². The Hall–Kier alpha value is -1.33. The van der Waals surface area contributed by atoms with E-state index in [1.54, 1.807) is 0 Å². The molecule has 3 N–H and O–H groups in total. The van der Waals surface area contributed by atoms with Crippen LogP contribution >= 0.6 is 24.0 Å². The van der Waals surface area contributed by atoms with Crippen LogP contribution in [0.15, 0.2) is 29.3 Å². The minimum absolute atomic E-state index is 0. The number of guanidine groups is 1. The molecular formula is C12H13F5IN3O. The van der Waals surface area contributed by atoms with Crippen molar-refractivity contribution in [2.24, 2.45) is 16.6 Å². The Kier molecular flexibility index (Phi) is 6.20. The highest BCUT2D eigenvalue weighted by Gasteiger charge is 2.44. The second kappa shape index (κ2) is 7.29. The number of ether oxygens (including phenoxy) is 1. The van der Waals surface area contributed by atoms with E-state index in [0.717, 1.165) is 6.07 Å². The molecule has 0 aliphatic heterocycles. The minimum Gasteiger partial charge on any atom is -0.404 e. The number of hydrogen-bond acceptors (Lipinski definition) is 2. The number of halogens is 6. The van der Waals surface area contributed by atoms with Gasteiger partial charge in [0.25, 0.3) is 0 Å². The van der Waals surface area contributed by atoms with Crippen LogP contribution in [0.4, 0.5) is 27.6 Å². The Morgan fingerprint density at radius 3 is 2.50 bits per heavy atom. The predicted molar refractivity (Wildman–Crippen MR) is 81.7 cm³/mol. The molecule has 2 rings (SSSR count). The number of nitrogens with two attached hydrogens (primary N) is 1. The third-order valence-electron chi connectivity index (χ3n) is 2.81. The van der Waals surface area contributed by atoms with E-state index >= 15 is 0 Å². The molecule has 0 spiro atoms. The fourth-order valence-corrected chi connectivity index (χ4v) is 1.75. The topological polar surface area (TPSA) is 59.6 Å². The van der Waals surface area contributed by atoms with Crippen LogP contribution in [-0.2, 0) is 0 Å². The normalized spacial score (nSPS) is 21.3. The number of anilines is 1. The maximum absolute atomic E-state index is 12.3. The molecule has 124 valence electrons. The van der Waals surface area contributed by atoms with E-state index in [4.69, 9.17) is 5.73 Å². The monoisotopic (exact) mass is 437 g/mol. The van der Waals surface area contributed by atoms with Gasteiger partial charge in [-0.1, -0.05) is 12.1 Å². The van der Waals surface area contributed by atoms with Gasteiger partial charge in [0.05, 0.1) is 11.7 Å². The van der Waals surface area contributed by atoms with Crippen LogP contribution in [0, 0.1) is 5.92 Å². The molecule has 22 heavy (non-hydrogen) atoms. The first-order valence-electron chi connectivity index (χ1n) is 5.99. The minimum atomic E-state index is -4.85. The first-order chi connectivity index (χ1) is 9.76. The standard InChI is InChI=1S/C12H12F5N3O.HI/c13-10(14)6-5-8(6)20-11(18)19-7-3-1-2-4-9(7)21-12(15,16)17;/h1-4,6,8,10H,5H2,(H3,18,19,20);1H/t6-,8-;/m0./s1. The molecule has 4 nitrogen and oxygen atoms in total. The summed E-state index contributed by atoms with van der Waals surface area (Å²) in [6.45, 7) is 0. The molecule has 1 saturated carbocycles. The summed E-state index contributed by atoms with van der Waals surface area (Å²) < 4.78 is 65.1. The van der Waals surface area contributed by atoms with Crippen molar-refractivity contribution in [1.82, 2.24) is 0 Å². The van der Waals surface area contributed by atoms with E-state index in [1.165, 1.54) is 18.2 Å². The lowest BCUT2D eigenvalue weighted by Gasteiger charge is -2.14. The summed E-state index contributed by atoms with van der Waals surface area (Å²) in [6.07, 6.45) is -7.12. The molecule has 1 fully saturated rings. The molecule has 1 aliphatic carbocycles. The maximum atomic E-state index is 12.3. The Labute approximate surface area is 139 Å². The van der Waals surface area contributed by atoms with Crippen LogP contribution in [0.2, 0.25) is 0 Å². The van der Waals surface area contributed by atoms with Gasteiger partial charge in [0, 0.05) is 5.92 Å². The second-order valence-electron chi connectivity index (χ2n) is 4.48. The number of hydrogen-bond donors (Lipinski definition) is 2. The summed E-state index contributed by atoms with van der Waals surface area (Å²) in [5, 5.41) is 2.42. The average molecular weight is 437 g/mol. The Bertz CT molecular complexity index is 538. The van der Waals surface area contributed by atoms with Crippen molar-refractivity contribution >= 4 is 35.6 Å². The SMILES string of the molecule is I.NC(=N[C@H]1C[C@@H]1C(F)F)Nc1ccccc1OC(F)(F)F. The van der Waals surface area contributed by atoms with E-state index in [9.17, 15) is 22.0 Å². The number of benzene rings is 1. The van der Waals surface area contributed by atoms with Gasteiger partial charge in [-0.2, -0.15) is 0 Å². The van der Waals surface area contributed by atoms with Crippen molar-refractivity contribution in [3.05, 3.63) is 24.3 Å². The zero-order valence-corrected chi connectivity index (χ0v) is 13.3. The number of nitrogens with one attached hydrogen (secondary N) is 1. The largest absolute Gasteiger partial charge is 0.573 e. The fraction of sp³-hybridized carbons (Fsp3) is 0.417. The summed E-state index contributed by atoms with van der Waals surface area (Å²) in [7, 11) is 0. The molecule has 2 atom stereocenters. The fourth-order valence-electron chi connectivity index (χ4n) is 1.75. The third-order valence-corrected chi connectivity index (χ3v) is 2.81. The van der Waals surface area contributed by atoms with Crippen molar-refractivity contribution in [2.75, 3.05) is 5.32 Å². The van der Waals surface area contributed by atoms with Crippen molar-refractivity contribution in [1.29, 1.82) is 0 Å². The van der Waals surface area contributed by atoms with Crippen molar-refractivity contribution in [2.45, 2.75) is 25.3 Å². The highest BCUT2D eigenvalue weighted by molar-refractivity contribution is 14.0.